The van der Waals surface area contributed by atoms with Gasteiger partial charge in [-0.3, -0.25) is 14.4 Å². The molecule has 3 heterocycles. The second kappa shape index (κ2) is 8.60. The summed E-state index contributed by atoms with van der Waals surface area (Å²) in [5.74, 6) is -0.527. The quantitative estimate of drug-likeness (QED) is 0.705. The second-order valence-corrected chi connectivity index (χ2v) is 8.97. The van der Waals surface area contributed by atoms with Gasteiger partial charge in [0.25, 0.3) is 5.91 Å². The van der Waals surface area contributed by atoms with E-state index in [4.69, 9.17) is 4.74 Å². The van der Waals surface area contributed by atoms with Crippen molar-refractivity contribution in [2.75, 3.05) is 26.2 Å². The predicted molar refractivity (Wildman–Crippen MR) is 114 cm³/mol. The third-order valence-corrected chi connectivity index (χ3v) is 7.29. The van der Waals surface area contributed by atoms with E-state index in [1.807, 2.05) is 30.3 Å². The topological polar surface area (TPSA) is 66.9 Å². The van der Waals surface area contributed by atoms with Crippen molar-refractivity contribution in [2.24, 2.45) is 0 Å². The molecule has 1 aromatic heterocycles. The summed E-state index contributed by atoms with van der Waals surface area (Å²) in [5, 5.41) is 2.05. The number of amides is 2. The van der Waals surface area contributed by atoms with E-state index < -0.39 is 5.41 Å². The zero-order chi connectivity index (χ0) is 21.1. The third kappa shape index (κ3) is 3.99. The maximum Gasteiger partial charge on any atom is 0.317 e. The van der Waals surface area contributed by atoms with Gasteiger partial charge in [-0.15, -0.1) is 11.3 Å². The molecule has 0 bridgehead atoms. The molecule has 0 saturated carbocycles. The van der Waals surface area contributed by atoms with Crippen molar-refractivity contribution in [3.63, 3.8) is 0 Å². The Kier molecular flexibility index (Phi) is 5.90. The Morgan fingerprint density at radius 3 is 2.47 bits per heavy atom. The number of nitrogens with zero attached hydrogens (tertiary/aromatic N) is 2. The Balaban J connectivity index is 1.44. The van der Waals surface area contributed by atoms with Gasteiger partial charge in [-0.2, -0.15) is 0 Å². The van der Waals surface area contributed by atoms with Crippen LogP contribution in [0.15, 0.2) is 41.8 Å². The highest BCUT2D eigenvalue weighted by molar-refractivity contribution is 7.10. The molecule has 1 aromatic carbocycles. The standard InChI is InChI=1S/C23H26N2O4S/c1-17(26)24-12-9-23(10-13-24,19-5-3-2-4-6-19)22(28)29-16-21(27)25-11-7-20-18(15-25)8-14-30-20/h2-6,8,14H,7,9-13,15-16H2,1H3. The van der Waals surface area contributed by atoms with E-state index in [1.165, 1.54) is 10.4 Å². The molecule has 158 valence electrons. The molecule has 6 nitrogen and oxygen atoms in total. The van der Waals surface area contributed by atoms with Crippen LogP contribution in [-0.2, 0) is 37.5 Å². The number of piperidine rings is 1. The van der Waals surface area contributed by atoms with Crippen LogP contribution in [0.4, 0.5) is 0 Å². The maximum absolute atomic E-state index is 13.2. The van der Waals surface area contributed by atoms with Crippen LogP contribution in [0.25, 0.3) is 0 Å². The largest absolute Gasteiger partial charge is 0.455 e. The Morgan fingerprint density at radius 1 is 1.03 bits per heavy atom. The van der Waals surface area contributed by atoms with E-state index in [2.05, 4.69) is 11.4 Å². The Hall–Kier alpha value is -2.67. The summed E-state index contributed by atoms with van der Waals surface area (Å²) in [4.78, 5) is 42.5. The third-order valence-electron chi connectivity index (χ3n) is 6.27. The average Bonchev–Trinajstić information content (AvgIpc) is 3.25. The van der Waals surface area contributed by atoms with Crippen LogP contribution in [0, 0.1) is 0 Å². The van der Waals surface area contributed by atoms with Crippen molar-refractivity contribution in [1.29, 1.82) is 0 Å². The van der Waals surface area contributed by atoms with Gasteiger partial charge in [-0.25, -0.2) is 0 Å². The smallest absolute Gasteiger partial charge is 0.317 e. The zero-order valence-corrected chi connectivity index (χ0v) is 18.0. The lowest BCUT2D eigenvalue weighted by atomic mass is 9.72. The first kappa shape index (κ1) is 20.6. The highest BCUT2D eigenvalue weighted by Gasteiger charge is 2.45. The monoisotopic (exact) mass is 426 g/mol. The van der Waals surface area contributed by atoms with E-state index in [-0.39, 0.29) is 24.4 Å². The summed E-state index contributed by atoms with van der Waals surface area (Å²) >= 11 is 1.72. The van der Waals surface area contributed by atoms with Gasteiger partial charge in [0, 0.05) is 38.0 Å². The Bertz CT molecular complexity index is 932. The molecule has 0 radical (unpaired) electrons. The number of carbonyl (C=O) groups excluding carboxylic acids is 3. The minimum absolute atomic E-state index is 0.0121. The molecule has 1 fully saturated rings. The fourth-order valence-electron chi connectivity index (χ4n) is 4.39. The lowest BCUT2D eigenvalue weighted by Crippen LogP contribution is -2.50. The fourth-order valence-corrected chi connectivity index (χ4v) is 5.28. The van der Waals surface area contributed by atoms with Crippen molar-refractivity contribution in [1.82, 2.24) is 9.80 Å². The summed E-state index contributed by atoms with van der Waals surface area (Å²) in [6, 6.07) is 11.6. The fraction of sp³-hybridized carbons (Fsp3) is 0.435. The van der Waals surface area contributed by atoms with Crippen molar-refractivity contribution >= 4 is 29.1 Å². The summed E-state index contributed by atoms with van der Waals surface area (Å²) in [5.41, 5.74) is 1.24. The average molecular weight is 427 g/mol. The van der Waals surface area contributed by atoms with Crippen molar-refractivity contribution in [3.8, 4) is 0 Å². The van der Waals surface area contributed by atoms with Gasteiger partial charge in [0.1, 0.15) is 0 Å². The van der Waals surface area contributed by atoms with Gasteiger partial charge in [-0.05, 0) is 41.8 Å². The summed E-state index contributed by atoms with van der Waals surface area (Å²) in [7, 11) is 0. The molecular weight excluding hydrogens is 400 g/mol. The number of hydrogen-bond donors (Lipinski definition) is 0. The van der Waals surface area contributed by atoms with Crippen LogP contribution < -0.4 is 0 Å². The maximum atomic E-state index is 13.2. The molecule has 2 aliphatic rings. The molecule has 0 N–H and O–H groups in total. The summed E-state index contributed by atoms with van der Waals surface area (Å²) in [6.07, 6.45) is 1.83. The number of esters is 1. The molecule has 0 aliphatic carbocycles. The van der Waals surface area contributed by atoms with Crippen LogP contribution >= 0.6 is 11.3 Å². The van der Waals surface area contributed by atoms with Gasteiger partial charge in [-0.1, -0.05) is 30.3 Å². The van der Waals surface area contributed by atoms with Crippen LogP contribution in [-0.4, -0.2) is 53.8 Å². The molecule has 30 heavy (non-hydrogen) atoms. The molecule has 0 unspecified atom stereocenters. The Morgan fingerprint density at radius 2 is 1.77 bits per heavy atom. The molecular formula is C23H26N2O4S. The van der Waals surface area contributed by atoms with E-state index in [9.17, 15) is 14.4 Å². The molecule has 1 saturated heterocycles. The first-order valence-corrected chi connectivity index (χ1v) is 11.2. The van der Waals surface area contributed by atoms with Crippen molar-refractivity contribution in [3.05, 3.63) is 57.8 Å². The first-order chi connectivity index (χ1) is 14.5. The lowest BCUT2D eigenvalue weighted by Gasteiger charge is -2.40. The van der Waals surface area contributed by atoms with Crippen LogP contribution in [0.5, 0.6) is 0 Å². The molecule has 7 heteroatoms. The zero-order valence-electron chi connectivity index (χ0n) is 17.1. The Labute approximate surface area is 180 Å². The second-order valence-electron chi connectivity index (χ2n) is 7.96. The van der Waals surface area contributed by atoms with Gasteiger partial charge in [0.05, 0.1) is 5.41 Å². The molecule has 4 rings (SSSR count). The van der Waals surface area contributed by atoms with E-state index in [1.54, 1.807) is 28.1 Å². The van der Waals surface area contributed by atoms with E-state index >= 15 is 0 Å². The minimum Gasteiger partial charge on any atom is -0.455 e. The van der Waals surface area contributed by atoms with Gasteiger partial charge < -0.3 is 14.5 Å². The SMILES string of the molecule is CC(=O)N1CCC(C(=O)OCC(=O)N2CCc3sccc3C2)(c2ccccc2)CC1. The number of fused-ring (bicyclic) bond motifs is 1. The summed E-state index contributed by atoms with van der Waals surface area (Å²) < 4.78 is 5.59. The molecule has 0 atom stereocenters. The van der Waals surface area contributed by atoms with E-state index in [0.29, 0.717) is 39.0 Å². The van der Waals surface area contributed by atoms with E-state index in [0.717, 1.165) is 12.0 Å². The highest BCUT2D eigenvalue weighted by atomic mass is 32.1. The van der Waals surface area contributed by atoms with Gasteiger partial charge >= 0.3 is 5.97 Å². The molecule has 2 aliphatic heterocycles. The first-order valence-electron chi connectivity index (χ1n) is 10.3. The number of thiophene rings is 1. The van der Waals surface area contributed by atoms with Gasteiger partial charge in [0.2, 0.25) is 5.91 Å². The van der Waals surface area contributed by atoms with Crippen LogP contribution in [0.1, 0.15) is 35.8 Å². The lowest BCUT2D eigenvalue weighted by molar-refractivity contribution is -0.159. The van der Waals surface area contributed by atoms with Gasteiger partial charge in [0.15, 0.2) is 6.61 Å². The highest BCUT2D eigenvalue weighted by Crippen LogP contribution is 2.37. The molecule has 0 spiro atoms. The molecule has 2 aromatic rings. The van der Waals surface area contributed by atoms with Crippen molar-refractivity contribution < 1.29 is 19.1 Å². The normalized spacial score (nSPS) is 17.9. The number of ether oxygens (including phenoxy) is 1. The minimum atomic E-state index is -0.823. The van der Waals surface area contributed by atoms with Crippen LogP contribution in [0.2, 0.25) is 0 Å². The number of carbonyl (C=O) groups is 3. The van der Waals surface area contributed by atoms with Crippen LogP contribution in [0.3, 0.4) is 0 Å². The number of benzene rings is 1. The number of rotatable bonds is 4. The summed E-state index contributed by atoms with van der Waals surface area (Å²) in [6.45, 7) is 3.53. The molecule has 2 amide bonds. The number of hydrogen-bond acceptors (Lipinski definition) is 5. The predicted octanol–water partition coefficient (Wildman–Crippen LogP) is 2.76. The van der Waals surface area contributed by atoms with Crippen molar-refractivity contribution in [2.45, 2.75) is 38.1 Å². The number of likely N-dealkylation sites (tertiary alicyclic amines) is 1.